The summed E-state index contributed by atoms with van der Waals surface area (Å²) in [6.07, 6.45) is 24.6. The lowest BCUT2D eigenvalue weighted by Gasteiger charge is -2.29. The number of allylic oxidation sites excluding steroid dienone is 4. The molecule has 2 aliphatic carbocycles. The first kappa shape index (κ1) is 23.0. The van der Waals surface area contributed by atoms with Gasteiger partial charge in [-0.3, -0.25) is 0 Å². The fraction of sp³-hybridized carbons (Fsp3) is 0.704. The van der Waals surface area contributed by atoms with Crippen LogP contribution < -0.4 is 0 Å². The third kappa shape index (κ3) is 8.02. The van der Waals surface area contributed by atoms with Crippen molar-refractivity contribution in [3.63, 3.8) is 0 Å². The van der Waals surface area contributed by atoms with Gasteiger partial charge in [0.2, 0.25) is 0 Å². The highest BCUT2D eigenvalue weighted by Crippen LogP contribution is 2.31. The van der Waals surface area contributed by atoms with Crippen LogP contribution in [0.15, 0.2) is 48.2 Å². The summed E-state index contributed by atoms with van der Waals surface area (Å²) in [5, 5.41) is 0. The van der Waals surface area contributed by atoms with Crippen molar-refractivity contribution in [2.24, 2.45) is 11.8 Å². The minimum atomic E-state index is 0.857. The second-order valence-electron chi connectivity index (χ2n) is 9.17. The monoisotopic (exact) mass is 383 g/mol. The van der Waals surface area contributed by atoms with Crippen LogP contribution in [0.1, 0.15) is 97.3 Å². The van der Waals surface area contributed by atoms with E-state index in [4.69, 9.17) is 0 Å². The van der Waals surface area contributed by atoms with E-state index in [0.29, 0.717) is 0 Å². The van der Waals surface area contributed by atoms with E-state index in [9.17, 15) is 0 Å². The Hall–Kier alpha value is -1.24. The van der Waals surface area contributed by atoms with Crippen molar-refractivity contribution in [2.75, 3.05) is 13.1 Å². The Kier molecular flexibility index (Phi) is 10.8. The summed E-state index contributed by atoms with van der Waals surface area (Å²) in [7, 11) is 0. The van der Waals surface area contributed by atoms with Gasteiger partial charge in [0.15, 0.2) is 0 Å². The van der Waals surface area contributed by atoms with Crippen molar-refractivity contribution in [3.05, 3.63) is 48.2 Å². The topological polar surface area (TPSA) is 3.24 Å². The molecule has 0 bridgehead atoms. The maximum absolute atomic E-state index is 4.46. The number of unbranched alkanes of at least 4 members (excludes halogenated alkanes) is 1. The molecule has 2 rings (SSSR count). The summed E-state index contributed by atoms with van der Waals surface area (Å²) in [4.78, 5) is 2.50. The van der Waals surface area contributed by atoms with Crippen LogP contribution in [0.3, 0.4) is 0 Å². The molecule has 158 valence electrons. The summed E-state index contributed by atoms with van der Waals surface area (Å²) in [5.74, 6) is 1.89. The molecule has 0 saturated heterocycles. The van der Waals surface area contributed by atoms with Crippen LogP contribution in [0, 0.1) is 11.8 Å². The number of hydrogen-bond donors (Lipinski definition) is 0. The molecule has 0 heterocycles. The van der Waals surface area contributed by atoms with Gasteiger partial charge in [0.25, 0.3) is 0 Å². The van der Waals surface area contributed by atoms with Gasteiger partial charge in [0, 0.05) is 18.8 Å². The predicted molar refractivity (Wildman–Crippen MR) is 125 cm³/mol. The molecular formula is C27H45N. The van der Waals surface area contributed by atoms with Crippen LogP contribution in [0.4, 0.5) is 0 Å². The Morgan fingerprint density at radius 1 is 0.893 bits per heavy atom. The van der Waals surface area contributed by atoms with Gasteiger partial charge in [-0.2, -0.15) is 0 Å². The van der Waals surface area contributed by atoms with Gasteiger partial charge >= 0.3 is 0 Å². The van der Waals surface area contributed by atoms with Crippen molar-refractivity contribution in [1.29, 1.82) is 0 Å². The van der Waals surface area contributed by atoms with E-state index in [-0.39, 0.29) is 0 Å². The molecule has 0 unspecified atom stereocenters. The van der Waals surface area contributed by atoms with Crippen LogP contribution in [0.5, 0.6) is 0 Å². The minimum Gasteiger partial charge on any atom is -0.372 e. The number of hydrogen-bond acceptors (Lipinski definition) is 1. The maximum atomic E-state index is 4.46. The average Bonchev–Trinajstić information content (AvgIpc) is 2.66. The number of rotatable bonds is 13. The van der Waals surface area contributed by atoms with E-state index in [2.05, 4.69) is 50.1 Å². The zero-order chi connectivity index (χ0) is 20.2. The largest absolute Gasteiger partial charge is 0.372 e. The Morgan fingerprint density at radius 2 is 1.61 bits per heavy atom. The fourth-order valence-corrected chi connectivity index (χ4v) is 4.75. The molecule has 0 atom stereocenters. The van der Waals surface area contributed by atoms with Gasteiger partial charge in [-0.25, -0.2) is 0 Å². The van der Waals surface area contributed by atoms with E-state index in [0.717, 1.165) is 24.9 Å². The summed E-state index contributed by atoms with van der Waals surface area (Å²) < 4.78 is 0. The molecule has 2 aliphatic rings. The van der Waals surface area contributed by atoms with Crippen molar-refractivity contribution in [3.8, 4) is 0 Å². The van der Waals surface area contributed by atoms with Gasteiger partial charge < -0.3 is 4.90 Å². The molecule has 2 fully saturated rings. The lowest BCUT2D eigenvalue weighted by atomic mass is 9.82. The molecule has 0 aromatic carbocycles. The molecule has 0 aromatic rings. The average molecular weight is 384 g/mol. The molecule has 0 N–H and O–H groups in total. The quantitative estimate of drug-likeness (QED) is 0.229. The first-order chi connectivity index (χ1) is 13.6. The van der Waals surface area contributed by atoms with Crippen LogP contribution in [-0.2, 0) is 0 Å². The smallest absolute Gasteiger partial charge is 0.0363 e. The molecule has 0 spiro atoms. The second kappa shape index (κ2) is 13.1. The second-order valence-corrected chi connectivity index (χ2v) is 9.17. The normalized spacial score (nSPS) is 19.0. The molecule has 0 amide bonds. The van der Waals surface area contributed by atoms with E-state index in [1.165, 1.54) is 100 Å². The molecule has 1 heteroatoms. The van der Waals surface area contributed by atoms with Crippen molar-refractivity contribution in [2.45, 2.75) is 97.3 Å². The van der Waals surface area contributed by atoms with Gasteiger partial charge in [0.1, 0.15) is 0 Å². The van der Waals surface area contributed by atoms with Gasteiger partial charge in [0.05, 0.1) is 0 Å². The zero-order valence-electron chi connectivity index (χ0n) is 18.9. The highest BCUT2D eigenvalue weighted by Gasteiger charge is 2.17. The molecule has 2 saturated carbocycles. The third-order valence-corrected chi connectivity index (χ3v) is 6.81. The summed E-state index contributed by atoms with van der Waals surface area (Å²) in [5.41, 5.74) is 3.73. The first-order valence-corrected chi connectivity index (χ1v) is 12.1. The standard InChI is InChI=1S/C27H45N/c1-5-20-28(21-11-10-13-25-16-12-17-25)24(4)27(6-2)19-18-23(3)22-26-14-8-7-9-15-26/h6,18-19,25-26H,3-5,7-17,20-22H2,1-2H3/b19-18-,27-6+. The SMILES string of the molecule is C=C(/C=C\C(=C/C)C(=C)N(CCC)CCCCC1CCC1)CC1CCCCC1. The summed E-state index contributed by atoms with van der Waals surface area (Å²) in [6.45, 7) is 15.4. The molecule has 28 heavy (non-hydrogen) atoms. The van der Waals surface area contributed by atoms with Crippen molar-refractivity contribution < 1.29 is 0 Å². The van der Waals surface area contributed by atoms with E-state index in [1.807, 2.05) is 0 Å². The van der Waals surface area contributed by atoms with Crippen LogP contribution in [-0.4, -0.2) is 18.0 Å². The Labute approximate surface area is 175 Å². The Morgan fingerprint density at radius 3 is 2.21 bits per heavy atom. The minimum absolute atomic E-state index is 0.857. The molecule has 1 nitrogen and oxygen atoms in total. The Bertz CT molecular complexity index is 528. The number of nitrogens with zero attached hydrogens (tertiary/aromatic N) is 1. The van der Waals surface area contributed by atoms with Crippen LogP contribution in [0.25, 0.3) is 0 Å². The van der Waals surface area contributed by atoms with Crippen LogP contribution >= 0.6 is 0 Å². The lowest BCUT2D eigenvalue weighted by molar-refractivity contribution is 0.275. The highest BCUT2D eigenvalue weighted by atomic mass is 15.1. The van der Waals surface area contributed by atoms with E-state index < -0.39 is 0 Å². The maximum Gasteiger partial charge on any atom is 0.0363 e. The zero-order valence-corrected chi connectivity index (χ0v) is 18.9. The van der Waals surface area contributed by atoms with E-state index >= 15 is 0 Å². The first-order valence-electron chi connectivity index (χ1n) is 12.1. The van der Waals surface area contributed by atoms with Gasteiger partial charge in [-0.1, -0.05) is 108 Å². The van der Waals surface area contributed by atoms with Gasteiger partial charge in [-0.15, -0.1) is 0 Å². The third-order valence-electron chi connectivity index (χ3n) is 6.81. The fourth-order valence-electron chi connectivity index (χ4n) is 4.75. The van der Waals surface area contributed by atoms with Crippen molar-refractivity contribution >= 4 is 0 Å². The molecule has 0 aliphatic heterocycles. The lowest BCUT2D eigenvalue weighted by Crippen LogP contribution is -2.25. The van der Waals surface area contributed by atoms with Crippen LogP contribution in [0.2, 0.25) is 0 Å². The van der Waals surface area contributed by atoms with Gasteiger partial charge in [-0.05, 0) is 43.6 Å². The summed E-state index contributed by atoms with van der Waals surface area (Å²) >= 11 is 0. The molecule has 0 radical (unpaired) electrons. The predicted octanol–water partition coefficient (Wildman–Crippen LogP) is 8.21. The summed E-state index contributed by atoms with van der Waals surface area (Å²) in [6, 6.07) is 0. The van der Waals surface area contributed by atoms with E-state index in [1.54, 1.807) is 0 Å². The van der Waals surface area contributed by atoms with Crippen molar-refractivity contribution in [1.82, 2.24) is 4.90 Å². The highest BCUT2D eigenvalue weighted by molar-refractivity contribution is 5.39. The Balaban J connectivity index is 1.80. The molecular weight excluding hydrogens is 338 g/mol. The molecule has 0 aromatic heterocycles.